The summed E-state index contributed by atoms with van der Waals surface area (Å²) >= 11 is 0. The van der Waals surface area contributed by atoms with Crippen molar-refractivity contribution < 1.29 is 24.2 Å². The van der Waals surface area contributed by atoms with E-state index in [9.17, 15) is 9.59 Å². The highest BCUT2D eigenvalue weighted by atomic mass is 16.5. The van der Waals surface area contributed by atoms with Crippen LogP contribution in [0.25, 0.3) is 0 Å². The average molecular weight is 335 g/mol. The van der Waals surface area contributed by atoms with E-state index < -0.39 is 5.97 Å². The zero-order chi connectivity index (χ0) is 17.5. The van der Waals surface area contributed by atoms with Crippen molar-refractivity contribution in [3.8, 4) is 5.75 Å². The first-order valence-electron chi connectivity index (χ1n) is 8.31. The van der Waals surface area contributed by atoms with Gasteiger partial charge >= 0.3 is 5.97 Å². The predicted molar refractivity (Wildman–Crippen MR) is 89.1 cm³/mol. The Labute approximate surface area is 142 Å². The number of carbonyl (C=O) groups excluding carboxylic acids is 1. The lowest BCUT2D eigenvalue weighted by Crippen LogP contribution is -2.46. The number of carboxylic acids is 1. The van der Waals surface area contributed by atoms with Gasteiger partial charge in [-0.2, -0.15) is 0 Å². The molecule has 1 N–H and O–H groups in total. The Morgan fingerprint density at radius 1 is 1.29 bits per heavy atom. The molecule has 2 rings (SSSR count). The molecule has 24 heavy (non-hydrogen) atoms. The number of carboxylic acid groups (broad SMARTS) is 1. The smallest absolute Gasteiger partial charge is 0.323 e. The van der Waals surface area contributed by atoms with E-state index in [1.807, 2.05) is 38.1 Å². The van der Waals surface area contributed by atoms with Crippen LogP contribution in [0, 0.1) is 0 Å². The van der Waals surface area contributed by atoms with Crippen molar-refractivity contribution in [3.05, 3.63) is 29.8 Å². The molecule has 0 radical (unpaired) electrons. The Bertz CT molecular complexity index is 566. The summed E-state index contributed by atoms with van der Waals surface area (Å²) in [6.07, 6.45) is 1.48. The summed E-state index contributed by atoms with van der Waals surface area (Å²) in [6, 6.07) is 7.31. The molecule has 0 aliphatic carbocycles. The van der Waals surface area contributed by atoms with Crippen LogP contribution in [0.3, 0.4) is 0 Å². The van der Waals surface area contributed by atoms with Gasteiger partial charge in [0.25, 0.3) is 0 Å². The van der Waals surface area contributed by atoms with Crippen LogP contribution in [-0.4, -0.2) is 53.8 Å². The molecule has 0 atom stereocenters. The summed E-state index contributed by atoms with van der Waals surface area (Å²) in [5, 5.41) is 9.15. The van der Waals surface area contributed by atoms with Crippen molar-refractivity contribution in [2.24, 2.45) is 0 Å². The highest BCUT2D eigenvalue weighted by Gasteiger charge is 2.28. The van der Waals surface area contributed by atoms with E-state index in [4.69, 9.17) is 14.6 Å². The quantitative estimate of drug-likeness (QED) is 0.826. The van der Waals surface area contributed by atoms with Crippen LogP contribution in [0.1, 0.15) is 32.3 Å². The van der Waals surface area contributed by atoms with Gasteiger partial charge in [-0.05, 0) is 32.8 Å². The Balaban J connectivity index is 2.13. The molecule has 1 aromatic rings. The summed E-state index contributed by atoms with van der Waals surface area (Å²) in [6.45, 7) is 4.69. The summed E-state index contributed by atoms with van der Waals surface area (Å²) < 4.78 is 11.1. The van der Waals surface area contributed by atoms with Gasteiger partial charge in [0, 0.05) is 24.8 Å². The van der Waals surface area contributed by atoms with Crippen LogP contribution in [0.4, 0.5) is 0 Å². The molecule has 6 heteroatoms. The number of nitrogens with zero attached hydrogens (tertiary/aromatic N) is 1. The molecular weight excluding hydrogens is 310 g/mol. The third kappa shape index (κ3) is 5.23. The zero-order valence-corrected chi connectivity index (χ0v) is 14.2. The highest BCUT2D eigenvalue weighted by Crippen LogP contribution is 2.22. The highest BCUT2D eigenvalue weighted by molar-refractivity contribution is 5.83. The fourth-order valence-electron chi connectivity index (χ4n) is 2.85. The number of para-hydroxylation sites is 1. The van der Waals surface area contributed by atoms with Crippen molar-refractivity contribution in [1.82, 2.24) is 4.90 Å². The molecule has 1 heterocycles. The molecule has 0 unspecified atom stereocenters. The second-order valence-electron chi connectivity index (χ2n) is 6.21. The van der Waals surface area contributed by atoms with E-state index in [0.717, 1.165) is 5.56 Å². The number of hydrogen-bond donors (Lipinski definition) is 1. The summed E-state index contributed by atoms with van der Waals surface area (Å²) in [4.78, 5) is 25.4. The van der Waals surface area contributed by atoms with Gasteiger partial charge in [0.05, 0.1) is 12.5 Å². The molecule has 132 valence electrons. The van der Waals surface area contributed by atoms with Crippen LogP contribution in [0.15, 0.2) is 24.3 Å². The van der Waals surface area contributed by atoms with E-state index in [1.54, 1.807) is 0 Å². The molecule has 1 aliphatic rings. The van der Waals surface area contributed by atoms with Crippen molar-refractivity contribution in [1.29, 1.82) is 0 Å². The minimum atomic E-state index is -0.999. The Morgan fingerprint density at radius 2 is 1.96 bits per heavy atom. The lowest BCUT2D eigenvalue weighted by molar-refractivity contribution is -0.147. The van der Waals surface area contributed by atoms with Crippen LogP contribution in [0.5, 0.6) is 5.75 Å². The van der Waals surface area contributed by atoms with Gasteiger partial charge in [-0.3, -0.25) is 9.59 Å². The van der Waals surface area contributed by atoms with Crippen molar-refractivity contribution in [2.75, 3.05) is 19.8 Å². The van der Waals surface area contributed by atoms with Gasteiger partial charge in [0.2, 0.25) is 5.91 Å². The zero-order valence-electron chi connectivity index (χ0n) is 14.2. The molecule has 1 fully saturated rings. The fraction of sp³-hybridized carbons (Fsp3) is 0.556. The molecule has 1 aromatic carbocycles. The molecule has 1 saturated heterocycles. The average Bonchev–Trinajstić information content (AvgIpc) is 2.54. The lowest BCUT2D eigenvalue weighted by atomic mass is 10.0. The topological polar surface area (TPSA) is 76.1 Å². The SMILES string of the molecule is CC(C)Oc1ccccc1CC(=O)N(CC(=O)O)C1CCOCC1. The second kappa shape index (κ2) is 8.68. The van der Waals surface area contributed by atoms with Crippen molar-refractivity contribution >= 4 is 11.9 Å². The minimum Gasteiger partial charge on any atom is -0.491 e. The number of ether oxygens (including phenoxy) is 2. The van der Waals surface area contributed by atoms with E-state index in [-0.39, 0.29) is 31.0 Å². The first-order valence-corrected chi connectivity index (χ1v) is 8.31. The van der Waals surface area contributed by atoms with Gasteiger partial charge < -0.3 is 19.5 Å². The molecule has 0 spiro atoms. The van der Waals surface area contributed by atoms with E-state index in [0.29, 0.717) is 31.8 Å². The first-order chi connectivity index (χ1) is 11.5. The van der Waals surface area contributed by atoms with Gasteiger partial charge in [-0.15, -0.1) is 0 Å². The molecular formula is C18H25NO5. The van der Waals surface area contributed by atoms with Gasteiger partial charge in [-0.25, -0.2) is 0 Å². The fourth-order valence-corrected chi connectivity index (χ4v) is 2.85. The molecule has 0 bridgehead atoms. The van der Waals surface area contributed by atoms with Crippen LogP contribution in [-0.2, 0) is 20.7 Å². The Hall–Kier alpha value is -2.08. The monoisotopic (exact) mass is 335 g/mol. The number of rotatable bonds is 7. The first kappa shape index (κ1) is 18.3. The predicted octanol–water partition coefficient (Wildman–Crippen LogP) is 2.11. The van der Waals surface area contributed by atoms with Gasteiger partial charge in [0.1, 0.15) is 12.3 Å². The second-order valence-corrected chi connectivity index (χ2v) is 6.21. The molecule has 1 amide bonds. The third-order valence-electron chi connectivity index (χ3n) is 3.93. The van der Waals surface area contributed by atoms with Gasteiger partial charge in [0.15, 0.2) is 0 Å². The maximum atomic E-state index is 12.8. The summed E-state index contributed by atoms with van der Waals surface area (Å²) in [7, 11) is 0. The van der Waals surface area contributed by atoms with Gasteiger partial charge in [-0.1, -0.05) is 18.2 Å². The van der Waals surface area contributed by atoms with Crippen molar-refractivity contribution in [3.63, 3.8) is 0 Å². The molecule has 6 nitrogen and oxygen atoms in total. The van der Waals surface area contributed by atoms with Crippen LogP contribution >= 0.6 is 0 Å². The van der Waals surface area contributed by atoms with E-state index in [2.05, 4.69) is 0 Å². The third-order valence-corrected chi connectivity index (χ3v) is 3.93. The number of aliphatic carboxylic acids is 1. The lowest BCUT2D eigenvalue weighted by Gasteiger charge is -2.33. The Kier molecular flexibility index (Phi) is 6.61. The maximum Gasteiger partial charge on any atom is 0.323 e. The number of hydrogen-bond acceptors (Lipinski definition) is 4. The van der Waals surface area contributed by atoms with E-state index in [1.165, 1.54) is 4.90 Å². The molecule has 1 aliphatic heterocycles. The molecule has 0 saturated carbocycles. The largest absolute Gasteiger partial charge is 0.491 e. The number of benzene rings is 1. The van der Waals surface area contributed by atoms with Crippen LogP contribution < -0.4 is 4.74 Å². The molecule has 0 aromatic heterocycles. The Morgan fingerprint density at radius 3 is 2.58 bits per heavy atom. The standard InChI is InChI=1S/C18H25NO5/c1-13(2)24-16-6-4-3-5-14(16)11-17(20)19(12-18(21)22)15-7-9-23-10-8-15/h3-6,13,15H,7-12H2,1-2H3,(H,21,22). The summed E-state index contributed by atoms with van der Waals surface area (Å²) in [5.41, 5.74) is 0.777. The van der Waals surface area contributed by atoms with Crippen molar-refractivity contribution in [2.45, 2.75) is 45.3 Å². The summed E-state index contributed by atoms with van der Waals surface area (Å²) in [5.74, 6) is -0.520. The maximum absolute atomic E-state index is 12.8. The normalized spacial score (nSPS) is 15.3. The van der Waals surface area contributed by atoms with Crippen LogP contribution in [0.2, 0.25) is 0 Å². The van der Waals surface area contributed by atoms with E-state index >= 15 is 0 Å². The number of amides is 1. The number of carbonyl (C=O) groups is 2. The minimum absolute atomic E-state index is 0.00636.